The molecule has 73 heavy (non-hydrogen) atoms. The van der Waals surface area contributed by atoms with Gasteiger partial charge in [0.15, 0.2) is 37.7 Å². The Hall–Kier alpha value is -2.22. The zero-order chi connectivity index (χ0) is 53.9. The number of aliphatic hydroxyl groups is 18. The lowest BCUT2D eigenvalue weighted by Crippen LogP contribution is -2.71. The Bertz CT molecular complexity index is 1750. The number of carbonyl (C=O) groups excluding carboxylic acids is 2. The number of aliphatic hydroxyl groups excluding tert-OH is 18. The average molecular weight is 1070 g/mol. The van der Waals surface area contributed by atoms with Gasteiger partial charge in [-0.25, -0.2) is 0 Å². The van der Waals surface area contributed by atoms with Crippen molar-refractivity contribution in [2.45, 2.75) is 198 Å². The number of rotatable bonds is 18. The van der Waals surface area contributed by atoms with Gasteiger partial charge in [-0.2, -0.15) is 0 Å². The van der Waals surface area contributed by atoms with Crippen LogP contribution in [0.15, 0.2) is 0 Å². The van der Waals surface area contributed by atoms with Crippen molar-refractivity contribution in [2.75, 3.05) is 39.6 Å². The summed E-state index contributed by atoms with van der Waals surface area (Å²) in [5.41, 5.74) is 0. The van der Waals surface area contributed by atoms with Crippen molar-refractivity contribution in [1.82, 2.24) is 10.6 Å². The summed E-state index contributed by atoms with van der Waals surface area (Å²) in [6, 6.07) is -3.56. The van der Waals surface area contributed by atoms with Crippen LogP contribution in [0.3, 0.4) is 0 Å². The quantitative estimate of drug-likeness (QED) is 0.0606. The molecule has 33 nitrogen and oxygen atoms in total. The van der Waals surface area contributed by atoms with E-state index in [0.29, 0.717) is 0 Å². The summed E-state index contributed by atoms with van der Waals surface area (Å²) >= 11 is 0. The maximum absolute atomic E-state index is 12.8. The molecule has 6 fully saturated rings. The van der Waals surface area contributed by atoms with Crippen molar-refractivity contribution in [2.24, 2.45) is 0 Å². The molecule has 0 aromatic heterocycles. The Kier molecular flexibility index (Phi) is 21.3. The predicted octanol–water partition coefficient (Wildman–Crippen LogP) is -13.8. The summed E-state index contributed by atoms with van der Waals surface area (Å²) in [5, 5.41) is 197. The van der Waals surface area contributed by atoms with E-state index in [1.165, 1.54) is 0 Å². The van der Waals surface area contributed by atoms with Gasteiger partial charge in [0.1, 0.15) is 146 Å². The van der Waals surface area contributed by atoms with E-state index in [9.17, 15) is 102 Å². The van der Waals surface area contributed by atoms with Crippen molar-refractivity contribution >= 4 is 11.8 Å². The minimum absolute atomic E-state index is 0.848. The molecule has 2 amide bonds. The van der Waals surface area contributed by atoms with E-state index >= 15 is 0 Å². The first-order valence-corrected chi connectivity index (χ1v) is 23.1. The second-order valence-corrected chi connectivity index (χ2v) is 18.2. The molecular formula is C40H68N2O31. The molecule has 33 heteroatoms. The van der Waals surface area contributed by atoms with Crippen LogP contribution in [0.1, 0.15) is 13.8 Å². The smallest absolute Gasteiger partial charge is 0.217 e. The van der Waals surface area contributed by atoms with E-state index < -0.39 is 236 Å². The zero-order valence-corrected chi connectivity index (χ0v) is 38.9. The first-order valence-electron chi connectivity index (χ1n) is 23.1. The minimum atomic E-state index is -2.27. The second kappa shape index (κ2) is 26.0. The Balaban J connectivity index is 1.27. The van der Waals surface area contributed by atoms with Crippen molar-refractivity contribution in [3.05, 3.63) is 0 Å². The standard InChI is InChI=1S/C40H68N2O31/c1-9(49)41-17-31(70-38-27(59)24(56)19(51)11(3-43)66-38)20(52)12(4-44)64-36(17)73-34-23(55)15(7-47)68-40(29(34)61)71-32-18(42-10(2)50)37(65-13(5-45)21(32)53)72-33-22(54)14(6-46)67-39(28(33)60)69-30-16(8-48)63-35(62)26(58)25(30)57/h11-40,43-48,51-62H,3-8H2,1-2H3,(H,41,49)(H,42,50)/t11-,12-,13-,14-,15-,16-,17-,18-,19+,20-,21-,22+,23+,24+,25-,26-,27-,28-,29-,30-,31-,32-,33+,34+,35?,36+,37+,38+,39+,40+/m1/s1. The third kappa shape index (κ3) is 12.9. The van der Waals surface area contributed by atoms with Crippen LogP contribution in [-0.4, -0.2) is 327 Å². The van der Waals surface area contributed by atoms with Gasteiger partial charge >= 0.3 is 0 Å². The molecule has 6 aliphatic rings. The Morgan fingerprint density at radius 2 is 0.630 bits per heavy atom. The lowest BCUT2D eigenvalue weighted by Gasteiger charge is -2.51. The average Bonchev–Trinajstić information content (AvgIpc) is 3.35. The molecule has 6 saturated heterocycles. The fourth-order valence-electron chi connectivity index (χ4n) is 9.31. The van der Waals surface area contributed by atoms with Crippen molar-refractivity contribution in [3.63, 3.8) is 0 Å². The van der Waals surface area contributed by atoms with E-state index in [0.717, 1.165) is 13.8 Å². The molecule has 0 aromatic carbocycles. The lowest BCUT2D eigenvalue weighted by molar-refractivity contribution is -0.385. The Morgan fingerprint density at radius 1 is 0.329 bits per heavy atom. The number of hydrogen-bond acceptors (Lipinski definition) is 31. The summed E-state index contributed by atoms with van der Waals surface area (Å²) in [6.07, 6.45) is -53.9. The number of hydrogen-bond donors (Lipinski definition) is 20. The first kappa shape index (κ1) is 60.0. The molecule has 6 heterocycles. The van der Waals surface area contributed by atoms with Gasteiger partial charge in [0.05, 0.1) is 39.6 Å². The topological polar surface area (TPSA) is 524 Å². The monoisotopic (exact) mass is 1070 g/mol. The summed E-state index contributed by atoms with van der Waals surface area (Å²) in [5.74, 6) is -1.73. The van der Waals surface area contributed by atoms with Gasteiger partial charge < -0.3 is 155 Å². The molecule has 6 aliphatic heterocycles. The zero-order valence-electron chi connectivity index (χ0n) is 38.9. The van der Waals surface area contributed by atoms with Gasteiger partial charge in [-0.05, 0) is 0 Å². The normalized spacial score (nSPS) is 49.8. The van der Waals surface area contributed by atoms with E-state index in [2.05, 4.69) is 10.6 Å². The van der Waals surface area contributed by atoms with E-state index in [4.69, 9.17) is 52.1 Å². The largest absolute Gasteiger partial charge is 0.394 e. The van der Waals surface area contributed by atoms with E-state index in [1.54, 1.807) is 0 Å². The minimum Gasteiger partial charge on any atom is -0.394 e. The third-order valence-corrected chi connectivity index (χ3v) is 13.2. The van der Waals surface area contributed by atoms with Crippen LogP contribution in [0.2, 0.25) is 0 Å². The van der Waals surface area contributed by atoms with Crippen molar-refractivity contribution in [3.8, 4) is 0 Å². The van der Waals surface area contributed by atoms with Gasteiger partial charge in [-0.3, -0.25) is 9.59 Å². The molecule has 0 spiro atoms. The van der Waals surface area contributed by atoms with Crippen LogP contribution < -0.4 is 10.6 Å². The van der Waals surface area contributed by atoms with E-state index in [-0.39, 0.29) is 0 Å². The van der Waals surface area contributed by atoms with Gasteiger partial charge in [0.2, 0.25) is 11.8 Å². The van der Waals surface area contributed by atoms with Gasteiger partial charge in [0.25, 0.3) is 0 Å². The van der Waals surface area contributed by atoms with Crippen LogP contribution in [0.25, 0.3) is 0 Å². The Labute approximate surface area is 413 Å². The fourth-order valence-corrected chi connectivity index (χ4v) is 9.31. The molecule has 0 radical (unpaired) electrons. The number of carbonyl (C=O) groups is 2. The van der Waals surface area contributed by atoms with Gasteiger partial charge in [-0.1, -0.05) is 0 Å². The van der Waals surface area contributed by atoms with Crippen molar-refractivity contribution < 1.29 is 154 Å². The molecule has 0 aliphatic carbocycles. The second-order valence-electron chi connectivity index (χ2n) is 18.2. The lowest BCUT2D eigenvalue weighted by atomic mass is 9.93. The Morgan fingerprint density at radius 3 is 0.986 bits per heavy atom. The SMILES string of the molecule is CC(=O)N[C@H]1[C@H](O[C@H]2[C@@H](O)[C@@H](CO)O[C@@H](O[C@H]3[C@H](O)[C@@H](CO)O[C@@H](O[C@H]4[C@@H](O)[C@@H](CO)O[C@@H](O[C@H]5[C@H](O)[C@@H](O)C(O)O[C@@H]5CO)[C@@H]4O)[C@@H]3NC(C)=O)[C@@H]2O)O[C@H](CO)[C@@H](O)[C@@H]1O[C@@H]1O[C@H](CO)[C@H](O)[C@H](O)[C@H]1O. The van der Waals surface area contributed by atoms with Crippen LogP contribution in [-0.2, 0) is 61.7 Å². The van der Waals surface area contributed by atoms with E-state index in [1.807, 2.05) is 0 Å². The molecule has 6 rings (SSSR count). The molecule has 0 saturated carbocycles. The highest BCUT2D eigenvalue weighted by molar-refractivity contribution is 5.73. The summed E-state index contributed by atoms with van der Waals surface area (Å²) in [4.78, 5) is 25.4. The van der Waals surface area contributed by atoms with Gasteiger partial charge in [-0.15, -0.1) is 0 Å². The highest BCUT2D eigenvalue weighted by Crippen LogP contribution is 2.37. The maximum Gasteiger partial charge on any atom is 0.217 e. The molecule has 424 valence electrons. The predicted molar refractivity (Wildman–Crippen MR) is 222 cm³/mol. The van der Waals surface area contributed by atoms with Crippen LogP contribution in [0.5, 0.6) is 0 Å². The molecule has 20 N–H and O–H groups in total. The van der Waals surface area contributed by atoms with Crippen LogP contribution in [0.4, 0.5) is 0 Å². The highest BCUT2D eigenvalue weighted by atomic mass is 16.8. The van der Waals surface area contributed by atoms with Gasteiger partial charge in [0, 0.05) is 13.8 Å². The highest BCUT2D eigenvalue weighted by Gasteiger charge is 2.58. The molecule has 0 bridgehead atoms. The summed E-state index contributed by atoms with van der Waals surface area (Å²) in [7, 11) is 0. The third-order valence-electron chi connectivity index (χ3n) is 13.2. The number of ether oxygens (including phenoxy) is 11. The molecule has 30 atom stereocenters. The molecule has 1 unspecified atom stereocenters. The number of amides is 2. The molecule has 0 aromatic rings. The van der Waals surface area contributed by atoms with Crippen molar-refractivity contribution in [1.29, 1.82) is 0 Å². The van der Waals surface area contributed by atoms with Crippen LogP contribution in [0, 0.1) is 0 Å². The fraction of sp³-hybridized carbons (Fsp3) is 0.950. The molecular weight excluding hydrogens is 1000 g/mol. The first-order chi connectivity index (χ1) is 34.5. The number of nitrogens with one attached hydrogen (secondary N) is 2. The summed E-state index contributed by atoms with van der Waals surface area (Å²) in [6.45, 7) is -3.89. The maximum atomic E-state index is 12.8. The van der Waals surface area contributed by atoms with Crippen LogP contribution >= 0.6 is 0 Å². The summed E-state index contributed by atoms with van der Waals surface area (Å²) < 4.78 is 62.8.